The smallest absolute Gasteiger partial charge is 0.379 e. The van der Waals surface area contributed by atoms with Crippen LogP contribution in [0.5, 0.6) is 0 Å². The van der Waals surface area contributed by atoms with Crippen molar-refractivity contribution in [2.24, 2.45) is 5.92 Å². The SMILES string of the molecule is CC(C)N1C(=O)[C@@H]2CN(C(=O)CCOC[C@H](C)NC3CNNC(=O)C3C(F)(F)F)CCN2c2ncc(C(F)(F)F)cc21. The van der Waals surface area contributed by atoms with E-state index in [2.05, 4.69) is 15.7 Å². The Labute approximate surface area is 237 Å². The largest absolute Gasteiger partial charge is 0.417 e. The molecule has 0 aliphatic carbocycles. The summed E-state index contributed by atoms with van der Waals surface area (Å²) >= 11 is 0. The molecule has 3 aliphatic rings. The minimum atomic E-state index is -4.73. The third kappa shape index (κ3) is 6.72. The van der Waals surface area contributed by atoms with Gasteiger partial charge in [0.25, 0.3) is 5.91 Å². The molecule has 1 aromatic heterocycles. The molecular formula is C25H33F6N7O4. The van der Waals surface area contributed by atoms with Crippen LogP contribution in [0, 0.1) is 5.92 Å². The number of hydrogen-bond donors (Lipinski definition) is 3. The fourth-order valence-corrected chi connectivity index (χ4v) is 5.44. The average molecular weight is 610 g/mol. The normalized spacial score (nSPS) is 24.0. The summed E-state index contributed by atoms with van der Waals surface area (Å²) in [4.78, 5) is 46.5. The summed E-state index contributed by atoms with van der Waals surface area (Å²) in [7, 11) is 0. The molecule has 11 nitrogen and oxygen atoms in total. The summed E-state index contributed by atoms with van der Waals surface area (Å²) in [5.41, 5.74) is 3.52. The van der Waals surface area contributed by atoms with Crippen molar-refractivity contribution in [3.8, 4) is 0 Å². The van der Waals surface area contributed by atoms with Crippen molar-refractivity contribution < 1.29 is 45.5 Å². The van der Waals surface area contributed by atoms with Crippen LogP contribution in [0.15, 0.2) is 12.3 Å². The number of pyridine rings is 1. The number of nitrogens with one attached hydrogen (secondary N) is 3. The molecule has 2 saturated heterocycles. The number of nitrogens with zero attached hydrogens (tertiary/aromatic N) is 4. The van der Waals surface area contributed by atoms with Gasteiger partial charge in [0.05, 0.1) is 37.4 Å². The van der Waals surface area contributed by atoms with Crippen LogP contribution in [0.2, 0.25) is 0 Å². The Balaban J connectivity index is 1.31. The molecule has 4 atom stereocenters. The lowest BCUT2D eigenvalue weighted by atomic mass is 9.96. The molecule has 3 N–H and O–H groups in total. The second-order valence-electron chi connectivity index (χ2n) is 10.8. The van der Waals surface area contributed by atoms with Crippen LogP contribution >= 0.6 is 0 Å². The third-order valence-corrected chi connectivity index (χ3v) is 7.38. The van der Waals surface area contributed by atoms with E-state index in [9.17, 15) is 40.7 Å². The first kappa shape index (κ1) is 31.7. The van der Waals surface area contributed by atoms with Gasteiger partial charge >= 0.3 is 12.4 Å². The van der Waals surface area contributed by atoms with Gasteiger partial charge in [-0.25, -0.2) is 10.4 Å². The number of rotatable bonds is 8. The van der Waals surface area contributed by atoms with E-state index in [1.165, 1.54) is 9.80 Å². The quantitative estimate of drug-likeness (QED) is 0.300. The first-order valence-corrected chi connectivity index (χ1v) is 13.5. The lowest BCUT2D eigenvalue weighted by Crippen LogP contribution is -2.65. The first-order chi connectivity index (χ1) is 19.6. The van der Waals surface area contributed by atoms with Gasteiger partial charge in [0.2, 0.25) is 11.8 Å². The minimum Gasteiger partial charge on any atom is -0.379 e. The molecule has 1 aromatic rings. The summed E-state index contributed by atoms with van der Waals surface area (Å²) in [6, 6.07) is -2.12. The van der Waals surface area contributed by atoms with Crippen molar-refractivity contribution in [3.05, 3.63) is 17.8 Å². The Morgan fingerprint density at radius 3 is 2.52 bits per heavy atom. The Morgan fingerprint density at radius 1 is 1.17 bits per heavy atom. The fourth-order valence-electron chi connectivity index (χ4n) is 5.44. The maximum absolute atomic E-state index is 13.4. The molecule has 17 heteroatoms. The van der Waals surface area contributed by atoms with Gasteiger partial charge in [-0.15, -0.1) is 0 Å². The number of piperazine rings is 1. The number of amides is 3. The van der Waals surface area contributed by atoms with Crippen LogP contribution in [-0.2, 0) is 25.3 Å². The zero-order valence-electron chi connectivity index (χ0n) is 23.2. The lowest BCUT2D eigenvalue weighted by Gasteiger charge is -2.48. The monoisotopic (exact) mass is 609 g/mol. The van der Waals surface area contributed by atoms with E-state index >= 15 is 0 Å². The molecular weight excluding hydrogens is 576 g/mol. The zero-order valence-corrected chi connectivity index (χ0v) is 23.2. The van der Waals surface area contributed by atoms with Gasteiger partial charge in [-0.05, 0) is 26.8 Å². The lowest BCUT2D eigenvalue weighted by molar-refractivity contribution is -0.193. The summed E-state index contributed by atoms with van der Waals surface area (Å²) < 4.78 is 85.4. The number of carbonyl (C=O) groups excluding carboxylic acids is 3. The van der Waals surface area contributed by atoms with Crippen molar-refractivity contribution >= 4 is 29.2 Å². The van der Waals surface area contributed by atoms with Gasteiger partial charge in [0.15, 0.2) is 11.7 Å². The Bertz CT molecular complexity index is 1180. The maximum Gasteiger partial charge on any atom is 0.417 e. The van der Waals surface area contributed by atoms with Crippen LogP contribution in [-0.4, -0.2) is 97.3 Å². The van der Waals surface area contributed by atoms with Crippen LogP contribution < -0.4 is 26.0 Å². The highest BCUT2D eigenvalue weighted by molar-refractivity contribution is 6.05. The molecule has 0 spiro atoms. The fraction of sp³-hybridized carbons (Fsp3) is 0.680. The van der Waals surface area contributed by atoms with Gasteiger partial charge < -0.3 is 24.8 Å². The molecule has 42 heavy (non-hydrogen) atoms. The Morgan fingerprint density at radius 2 is 1.88 bits per heavy atom. The molecule has 234 valence electrons. The number of anilines is 2. The third-order valence-electron chi connectivity index (χ3n) is 7.38. The summed E-state index contributed by atoms with van der Waals surface area (Å²) in [5, 5.41) is 2.75. The van der Waals surface area contributed by atoms with Gasteiger partial charge in [-0.3, -0.25) is 19.8 Å². The molecule has 2 unspecified atom stereocenters. The van der Waals surface area contributed by atoms with Crippen LogP contribution in [0.4, 0.5) is 37.8 Å². The van der Waals surface area contributed by atoms with Crippen molar-refractivity contribution in [1.29, 1.82) is 0 Å². The number of alkyl halides is 6. The van der Waals surface area contributed by atoms with Crippen molar-refractivity contribution in [2.75, 3.05) is 49.2 Å². The summed E-state index contributed by atoms with van der Waals surface area (Å²) in [6.07, 6.45) is -8.67. The summed E-state index contributed by atoms with van der Waals surface area (Å²) in [6.45, 7) is 5.18. The van der Waals surface area contributed by atoms with E-state index in [1.54, 1.807) is 25.7 Å². The van der Waals surface area contributed by atoms with E-state index < -0.39 is 59.8 Å². The Hall–Kier alpha value is -3.18. The number of aromatic nitrogens is 1. The van der Waals surface area contributed by atoms with Crippen molar-refractivity contribution in [3.63, 3.8) is 0 Å². The number of hydrazine groups is 1. The Kier molecular flexibility index (Phi) is 9.22. The van der Waals surface area contributed by atoms with Crippen molar-refractivity contribution in [2.45, 2.75) is 63.7 Å². The second kappa shape index (κ2) is 12.2. The number of carbonyl (C=O) groups is 3. The molecule has 2 fully saturated rings. The highest BCUT2D eigenvalue weighted by Gasteiger charge is 2.51. The predicted molar refractivity (Wildman–Crippen MR) is 137 cm³/mol. The number of fused-ring (bicyclic) bond motifs is 3. The molecule has 0 saturated carbocycles. The maximum atomic E-state index is 13.4. The predicted octanol–water partition coefficient (Wildman–Crippen LogP) is 1.44. The second-order valence-corrected chi connectivity index (χ2v) is 10.8. The molecule has 3 aliphatic heterocycles. The highest BCUT2D eigenvalue weighted by Crippen LogP contribution is 2.40. The first-order valence-electron chi connectivity index (χ1n) is 13.5. The van der Waals surface area contributed by atoms with E-state index in [-0.39, 0.29) is 63.2 Å². The van der Waals surface area contributed by atoms with Gasteiger partial charge in [-0.1, -0.05) is 0 Å². The minimum absolute atomic E-state index is 0.0105. The summed E-state index contributed by atoms with van der Waals surface area (Å²) in [5.74, 6) is -3.89. The number of halogens is 6. The molecule has 4 rings (SSSR count). The van der Waals surface area contributed by atoms with Gasteiger partial charge in [-0.2, -0.15) is 26.3 Å². The average Bonchev–Trinajstić information content (AvgIpc) is 2.89. The topological polar surface area (TPSA) is 119 Å². The van der Waals surface area contributed by atoms with Gasteiger partial charge in [0, 0.05) is 44.0 Å². The van der Waals surface area contributed by atoms with Crippen LogP contribution in [0.25, 0.3) is 0 Å². The van der Waals surface area contributed by atoms with E-state index in [0.717, 1.165) is 12.3 Å². The molecule has 3 amide bonds. The molecule has 0 aromatic carbocycles. The van der Waals surface area contributed by atoms with E-state index in [4.69, 9.17) is 4.74 Å². The molecule has 4 heterocycles. The molecule has 0 bridgehead atoms. The highest BCUT2D eigenvalue weighted by atomic mass is 19.4. The number of ether oxygens (including phenoxy) is 1. The zero-order chi connectivity index (χ0) is 31.0. The van der Waals surface area contributed by atoms with Crippen LogP contribution in [0.1, 0.15) is 32.8 Å². The standard InChI is InChI=1S/C25H33F6N7O4/c1-13(2)38-17-8-15(24(26,27)28)9-32-21(17)37-6-5-36(11-18(37)23(38)41)19(39)4-7-42-12-14(3)34-16-10-33-35-22(40)20(16)25(29,30)31/h8-9,13-14,16,18,20,33-34H,4-7,10-12H2,1-3H3,(H,35,40)/t14-,16?,18-,20?/m0/s1. The van der Waals surface area contributed by atoms with Crippen LogP contribution in [0.3, 0.4) is 0 Å². The number of hydrogen-bond acceptors (Lipinski definition) is 8. The van der Waals surface area contributed by atoms with E-state index in [0.29, 0.717) is 0 Å². The van der Waals surface area contributed by atoms with Gasteiger partial charge in [0.1, 0.15) is 6.04 Å². The molecule has 0 radical (unpaired) electrons. The van der Waals surface area contributed by atoms with Crippen molar-refractivity contribution in [1.82, 2.24) is 26.1 Å². The van der Waals surface area contributed by atoms with E-state index in [1.807, 2.05) is 5.43 Å².